The molecule has 0 atom stereocenters. The van der Waals surface area contributed by atoms with Crippen LogP contribution in [0.5, 0.6) is 0 Å². The fraction of sp³-hybridized carbons (Fsp3) is 0.444. The van der Waals surface area contributed by atoms with Gasteiger partial charge in [-0.05, 0) is 24.3 Å². The van der Waals surface area contributed by atoms with E-state index in [4.69, 9.17) is 4.74 Å². The van der Waals surface area contributed by atoms with E-state index in [9.17, 15) is 14.4 Å². The summed E-state index contributed by atoms with van der Waals surface area (Å²) < 4.78 is 5.69. The van der Waals surface area contributed by atoms with E-state index in [1.165, 1.54) is 6.92 Å². The first kappa shape index (κ1) is 24.9. The number of carbonyl (C=O) groups excluding carboxylic acids is 1. The van der Waals surface area contributed by atoms with E-state index in [1.54, 1.807) is 24.3 Å². The minimum atomic E-state index is -0.271. The highest BCUT2D eigenvalue weighted by molar-refractivity contribution is 5.66. The van der Waals surface area contributed by atoms with Crippen molar-refractivity contribution in [3.8, 4) is 0 Å². The Hall–Kier alpha value is -3.23. The van der Waals surface area contributed by atoms with Gasteiger partial charge in [0.2, 0.25) is 10.9 Å². The zero-order valence-electron chi connectivity index (χ0n) is 20.3. The second-order valence-electron chi connectivity index (χ2n) is 9.13. The normalized spacial score (nSPS) is 17.4. The predicted molar refractivity (Wildman–Crippen MR) is 138 cm³/mol. The molecule has 2 aromatic carbocycles. The first-order valence-electron chi connectivity index (χ1n) is 12.3. The van der Waals surface area contributed by atoms with Gasteiger partial charge in [-0.1, -0.05) is 36.4 Å². The van der Waals surface area contributed by atoms with Crippen molar-refractivity contribution in [2.45, 2.75) is 13.0 Å². The molecule has 8 nitrogen and oxygen atoms in total. The van der Waals surface area contributed by atoms with Crippen LogP contribution in [-0.4, -0.2) is 87.3 Å². The number of hydrogen-bond acceptors (Lipinski definition) is 8. The largest absolute Gasteiger partial charge is 0.460 e. The van der Waals surface area contributed by atoms with Crippen LogP contribution in [-0.2, 0) is 9.53 Å². The van der Waals surface area contributed by atoms with E-state index < -0.39 is 0 Å². The Morgan fingerprint density at radius 2 is 1.09 bits per heavy atom. The Morgan fingerprint density at radius 3 is 1.49 bits per heavy atom. The molecular weight excluding hydrogens is 444 g/mol. The van der Waals surface area contributed by atoms with Crippen LogP contribution in [0, 0.1) is 0 Å². The molecule has 0 amide bonds. The van der Waals surface area contributed by atoms with Crippen molar-refractivity contribution >= 4 is 17.3 Å². The summed E-state index contributed by atoms with van der Waals surface area (Å²) in [5, 5.41) is 0. The van der Waals surface area contributed by atoms with E-state index in [0.29, 0.717) is 13.1 Å². The molecule has 2 saturated heterocycles. The average Bonchev–Trinajstić information content (AvgIpc) is 3.19. The third-order valence-corrected chi connectivity index (χ3v) is 6.63. The Balaban J connectivity index is 1.30. The van der Waals surface area contributed by atoms with Crippen molar-refractivity contribution < 1.29 is 9.53 Å². The summed E-state index contributed by atoms with van der Waals surface area (Å²) in [7, 11) is 0. The topological polar surface area (TPSA) is 73.4 Å². The molecule has 0 aliphatic carbocycles. The Kier molecular flexibility index (Phi) is 8.50. The van der Waals surface area contributed by atoms with Crippen LogP contribution in [0.2, 0.25) is 0 Å². The van der Waals surface area contributed by atoms with Crippen LogP contribution in [0.3, 0.4) is 0 Å². The minimum Gasteiger partial charge on any atom is -0.460 e. The van der Waals surface area contributed by atoms with Crippen molar-refractivity contribution in [2.75, 3.05) is 75.2 Å². The SMILES string of the molecule is CC(=O)OC(CN1CCN(c2cccccc2=O)CC1)CN1CCN(c2cccccc2=O)CC1. The van der Waals surface area contributed by atoms with Gasteiger partial charge in [0.25, 0.3) is 0 Å². The molecule has 0 aromatic heterocycles. The molecule has 0 unspecified atom stereocenters. The van der Waals surface area contributed by atoms with E-state index in [-0.39, 0.29) is 22.9 Å². The van der Waals surface area contributed by atoms with Crippen LogP contribution in [0.15, 0.2) is 70.3 Å². The molecule has 8 heteroatoms. The number of ether oxygens (including phenoxy) is 1. The van der Waals surface area contributed by atoms with Gasteiger partial charge in [-0.25, -0.2) is 0 Å². The third-order valence-electron chi connectivity index (χ3n) is 6.63. The van der Waals surface area contributed by atoms with Crippen LogP contribution < -0.4 is 20.7 Å². The summed E-state index contributed by atoms with van der Waals surface area (Å²) in [6.45, 7) is 9.06. The lowest BCUT2D eigenvalue weighted by atomic mass is 10.2. The molecule has 0 spiro atoms. The van der Waals surface area contributed by atoms with Crippen LogP contribution in [0.4, 0.5) is 11.4 Å². The van der Waals surface area contributed by atoms with Gasteiger partial charge in [-0.15, -0.1) is 0 Å². The molecular formula is C27H34N4O4. The maximum absolute atomic E-state index is 12.3. The first-order chi connectivity index (χ1) is 17.0. The van der Waals surface area contributed by atoms with Crippen LogP contribution in [0.25, 0.3) is 0 Å². The van der Waals surface area contributed by atoms with Gasteiger partial charge < -0.3 is 14.5 Å². The maximum atomic E-state index is 12.3. The number of esters is 1. The van der Waals surface area contributed by atoms with Crippen molar-refractivity contribution in [3.05, 3.63) is 81.1 Å². The number of nitrogens with zero attached hydrogens (tertiary/aromatic N) is 4. The lowest BCUT2D eigenvalue weighted by molar-refractivity contribution is -0.148. The van der Waals surface area contributed by atoms with Crippen molar-refractivity contribution in [2.24, 2.45) is 0 Å². The van der Waals surface area contributed by atoms with Crippen molar-refractivity contribution in [1.82, 2.24) is 9.80 Å². The lowest BCUT2D eigenvalue weighted by Gasteiger charge is -2.39. The van der Waals surface area contributed by atoms with Gasteiger partial charge in [0.1, 0.15) is 6.10 Å². The highest BCUT2D eigenvalue weighted by Gasteiger charge is 2.26. The molecule has 186 valence electrons. The zero-order valence-corrected chi connectivity index (χ0v) is 20.3. The smallest absolute Gasteiger partial charge is 0.302 e. The monoisotopic (exact) mass is 478 g/mol. The van der Waals surface area contributed by atoms with Gasteiger partial charge in [0.15, 0.2) is 0 Å². The molecule has 2 fully saturated rings. The first-order valence-corrected chi connectivity index (χ1v) is 12.3. The van der Waals surface area contributed by atoms with E-state index >= 15 is 0 Å². The lowest BCUT2D eigenvalue weighted by Crippen LogP contribution is -2.53. The molecule has 0 N–H and O–H groups in total. The minimum absolute atomic E-state index is 0.0359. The summed E-state index contributed by atoms with van der Waals surface area (Å²) in [5.74, 6) is -0.271. The highest BCUT2D eigenvalue weighted by Crippen LogP contribution is 2.14. The standard InChI is InChI=1S/C27H34N4O4/c1-22(32)35-23(20-28-12-16-30(17-13-28)24-8-4-2-6-10-26(24)33)21-29-14-18-31(19-15-29)25-9-5-3-7-11-27(25)34/h2-11,23H,12-21H2,1H3. The van der Waals surface area contributed by atoms with Crippen molar-refractivity contribution in [3.63, 3.8) is 0 Å². The number of anilines is 2. The number of piperazine rings is 2. The number of carbonyl (C=O) groups is 1. The molecule has 0 bridgehead atoms. The van der Waals surface area contributed by atoms with Gasteiger partial charge in [-0.2, -0.15) is 0 Å². The second kappa shape index (κ2) is 12.0. The Morgan fingerprint density at radius 1 is 0.686 bits per heavy atom. The third kappa shape index (κ3) is 6.90. The summed E-state index contributed by atoms with van der Waals surface area (Å²) >= 11 is 0. The fourth-order valence-corrected chi connectivity index (χ4v) is 4.85. The molecule has 0 radical (unpaired) electrons. The van der Waals surface area contributed by atoms with Gasteiger partial charge in [0.05, 0.1) is 11.4 Å². The second-order valence-corrected chi connectivity index (χ2v) is 9.13. The van der Waals surface area contributed by atoms with Gasteiger partial charge >= 0.3 is 5.97 Å². The van der Waals surface area contributed by atoms with Gasteiger partial charge in [0, 0.05) is 72.4 Å². The van der Waals surface area contributed by atoms with E-state index in [1.807, 2.05) is 36.4 Å². The summed E-state index contributed by atoms with van der Waals surface area (Å²) in [6, 6.07) is 18.0. The summed E-state index contributed by atoms with van der Waals surface area (Å²) in [4.78, 5) is 45.3. The Bertz CT molecular complexity index is 1030. The quantitative estimate of drug-likeness (QED) is 0.552. The summed E-state index contributed by atoms with van der Waals surface area (Å²) in [5.41, 5.74) is 1.54. The molecule has 35 heavy (non-hydrogen) atoms. The van der Waals surface area contributed by atoms with Crippen LogP contribution in [0.1, 0.15) is 6.92 Å². The highest BCUT2D eigenvalue weighted by atomic mass is 16.5. The molecule has 0 saturated carbocycles. The molecule has 2 heterocycles. The Labute approximate surface area is 206 Å². The molecule has 4 rings (SSSR count). The number of rotatable bonds is 7. The van der Waals surface area contributed by atoms with E-state index in [0.717, 1.165) is 63.7 Å². The summed E-state index contributed by atoms with van der Waals surface area (Å²) in [6.07, 6.45) is -0.222. The van der Waals surface area contributed by atoms with Crippen LogP contribution >= 0.6 is 0 Å². The maximum Gasteiger partial charge on any atom is 0.302 e. The molecule has 2 aliphatic rings. The predicted octanol–water partition coefficient (Wildman–Crippen LogP) is 1.28. The van der Waals surface area contributed by atoms with Crippen molar-refractivity contribution in [1.29, 1.82) is 0 Å². The van der Waals surface area contributed by atoms with Gasteiger partial charge in [-0.3, -0.25) is 24.2 Å². The average molecular weight is 479 g/mol. The molecule has 2 aliphatic heterocycles. The molecule has 2 aromatic rings. The van der Waals surface area contributed by atoms with E-state index in [2.05, 4.69) is 19.6 Å². The fourth-order valence-electron chi connectivity index (χ4n) is 4.85. The number of hydrogen-bond donors (Lipinski definition) is 0. The zero-order chi connectivity index (χ0) is 24.6.